The maximum atomic E-state index is 11.9. The number of aromatic nitrogens is 2. The van der Waals surface area contributed by atoms with E-state index >= 15 is 0 Å². The molecular weight excluding hydrogens is 213 g/mol. The van der Waals surface area contributed by atoms with Gasteiger partial charge in [-0.05, 0) is 12.8 Å². The topological polar surface area (TPSA) is 59.2 Å². The standard InChI is InChI=1S/C8H9F3N2O2/c9-8(10,11)3-6-12-7(15-13-6)4-1-5(14)2-4/h4-5,14H,1-3H2. The van der Waals surface area contributed by atoms with E-state index < -0.39 is 18.7 Å². The molecule has 0 bridgehead atoms. The number of nitrogens with zero attached hydrogens (tertiary/aromatic N) is 2. The zero-order valence-electron chi connectivity index (χ0n) is 7.66. The molecular formula is C8H9F3N2O2. The van der Waals surface area contributed by atoms with E-state index in [0.717, 1.165) is 0 Å². The molecule has 1 aliphatic rings. The first-order valence-electron chi connectivity index (χ1n) is 4.51. The second-order valence-electron chi connectivity index (χ2n) is 3.66. The molecule has 1 N–H and O–H groups in total. The average Bonchev–Trinajstić information content (AvgIpc) is 2.43. The Kier molecular flexibility index (Phi) is 2.41. The van der Waals surface area contributed by atoms with Crippen LogP contribution in [-0.2, 0) is 6.42 Å². The number of alkyl halides is 3. The lowest BCUT2D eigenvalue weighted by molar-refractivity contribution is -0.128. The molecule has 1 heterocycles. The lowest BCUT2D eigenvalue weighted by Crippen LogP contribution is -2.26. The third kappa shape index (κ3) is 2.47. The van der Waals surface area contributed by atoms with E-state index in [1.165, 1.54) is 0 Å². The van der Waals surface area contributed by atoms with Gasteiger partial charge in [-0.25, -0.2) is 0 Å². The molecule has 1 fully saturated rings. The van der Waals surface area contributed by atoms with Crippen molar-refractivity contribution in [3.05, 3.63) is 11.7 Å². The van der Waals surface area contributed by atoms with Crippen molar-refractivity contribution in [3.8, 4) is 0 Å². The minimum Gasteiger partial charge on any atom is -0.393 e. The summed E-state index contributed by atoms with van der Waals surface area (Å²) in [5, 5.41) is 12.2. The zero-order valence-corrected chi connectivity index (χ0v) is 7.66. The number of aliphatic hydroxyl groups excluding tert-OH is 1. The van der Waals surface area contributed by atoms with Crippen LogP contribution in [0.15, 0.2) is 4.52 Å². The van der Waals surface area contributed by atoms with Crippen LogP contribution in [0.3, 0.4) is 0 Å². The van der Waals surface area contributed by atoms with E-state index in [4.69, 9.17) is 9.63 Å². The fourth-order valence-corrected chi connectivity index (χ4v) is 1.47. The molecule has 84 valence electrons. The normalized spacial score (nSPS) is 26.4. The van der Waals surface area contributed by atoms with E-state index in [1.54, 1.807) is 0 Å². The lowest BCUT2D eigenvalue weighted by atomic mass is 9.82. The SMILES string of the molecule is OC1CC(c2nc(CC(F)(F)F)no2)C1. The number of hydrogen-bond donors (Lipinski definition) is 1. The van der Waals surface area contributed by atoms with Gasteiger partial charge in [0.25, 0.3) is 0 Å². The van der Waals surface area contributed by atoms with Crippen LogP contribution in [0.2, 0.25) is 0 Å². The Hall–Kier alpha value is -1.11. The molecule has 0 radical (unpaired) electrons. The van der Waals surface area contributed by atoms with Crippen LogP contribution in [0.4, 0.5) is 13.2 Å². The largest absolute Gasteiger partial charge is 0.396 e. The molecule has 0 amide bonds. The van der Waals surface area contributed by atoms with Crippen molar-refractivity contribution in [2.75, 3.05) is 0 Å². The van der Waals surface area contributed by atoms with Crippen molar-refractivity contribution in [2.45, 2.75) is 37.5 Å². The third-order valence-corrected chi connectivity index (χ3v) is 2.30. The van der Waals surface area contributed by atoms with Crippen LogP contribution < -0.4 is 0 Å². The minimum absolute atomic E-state index is 0.0884. The first-order valence-corrected chi connectivity index (χ1v) is 4.51. The molecule has 2 rings (SSSR count). The Morgan fingerprint density at radius 3 is 2.60 bits per heavy atom. The van der Waals surface area contributed by atoms with Crippen molar-refractivity contribution in [3.63, 3.8) is 0 Å². The summed E-state index contributed by atoms with van der Waals surface area (Å²) in [6.45, 7) is 0. The first-order chi connectivity index (χ1) is 6.94. The summed E-state index contributed by atoms with van der Waals surface area (Å²) < 4.78 is 40.5. The molecule has 0 unspecified atom stereocenters. The van der Waals surface area contributed by atoms with Crippen molar-refractivity contribution in [1.82, 2.24) is 10.1 Å². The molecule has 1 aliphatic carbocycles. The van der Waals surface area contributed by atoms with E-state index in [0.29, 0.717) is 12.8 Å². The van der Waals surface area contributed by atoms with Gasteiger partial charge in [-0.2, -0.15) is 18.2 Å². The van der Waals surface area contributed by atoms with E-state index in [1.807, 2.05) is 0 Å². The second-order valence-corrected chi connectivity index (χ2v) is 3.66. The smallest absolute Gasteiger partial charge is 0.393 e. The third-order valence-electron chi connectivity index (χ3n) is 2.30. The molecule has 15 heavy (non-hydrogen) atoms. The monoisotopic (exact) mass is 222 g/mol. The Morgan fingerprint density at radius 1 is 1.40 bits per heavy atom. The van der Waals surface area contributed by atoms with E-state index in [2.05, 4.69) is 10.1 Å². The van der Waals surface area contributed by atoms with Gasteiger partial charge in [0.15, 0.2) is 5.82 Å². The predicted octanol–water partition coefficient (Wildman–Crippen LogP) is 1.41. The van der Waals surface area contributed by atoms with Gasteiger partial charge < -0.3 is 9.63 Å². The average molecular weight is 222 g/mol. The lowest BCUT2D eigenvalue weighted by Gasteiger charge is -2.27. The highest BCUT2D eigenvalue weighted by molar-refractivity contribution is 5.01. The van der Waals surface area contributed by atoms with Crippen LogP contribution >= 0.6 is 0 Å². The maximum absolute atomic E-state index is 11.9. The highest BCUT2D eigenvalue weighted by Gasteiger charge is 2.35. The van der Waals surface area contributed by atoms with E-state index in [9.17, 15) is 13.2 Å². The predicted molar refractivity (Wildman–Crippen MR) is 42.0 cm³/mol. The minimum atomic E-state index is -4.32. The van der Waals surface area contributed by atoms with E-state index in [-0.39, 0.29) is 17.6 Å². The summed E-state index contributed by atoms with van der Waals surface area (Å²) in [6.07, 6.45) is -4.93. The summed E-state index contributed by atoms with van der Waals surface area (Å²) in [6, 6.07) is 0. The molecule has 0 aromatic carbocycles. The molecule has 1 aromatic rings. The van der Waals surface area contributed by atoms with Crippen LogP contribution in [0.25, 0.3) is 0 Å². The molecule has 0 spiro atoms. The first kappa shape index (κ1) is 10.4. The number of halogens is 3. The van der Waals surface area contributed by atoms with Crippen molar-refractivity contribution in [1.29, 1.82) is 0 Å². The van der Waals surface area contributed by atoms with Gasteiger partial charge in [0.1, 0.15) is 6.42 Å². The summed E-state index contributed by atoms with van der Waals surface area (Å²) in [4.78, 5) is 3.64. The van der Waals surface area contributed by atoms with Crippen LogP contribution in [0.1, 0.15) is 30.5 Å². The summed E-state index contributed by atoms with van der Waals surface area (Å²) in [7, 11) is 0. The maximum Gasteiger partial charge on any atom is 0.396 e. The zero-order chi connectivity index (χ0) is 11.1. The molecule has 1 aromatic heterocycles. The van der Waals surface area contributed by atoms with Gasteiger partial charge in [-0.15, -0.1) is 0 Å². The Bertz CT molecular complexity index is 344. The Morgan fingerprint density at radius 2 is 2.07 bits per heavy atom. The van der Waals surface area contributed by atoms with Crippen molar-refractivity contribution < 1.29 is 22.8 Å². The fraction of sp³-hybridized carbons (Fsp3) is 0.750. The summed E-state index contributed by atoms with van der Waals surface area (Å²) >= 11 is 0. The highest BCUT2D eigenvalue weighted by Crippen LogP contribution is 2.35. The van der Waals surface area contributed by atoms with Gasteiger partial charge in [0, 0.05) is 5.92 Å². The molecule has 4 nitrogen and oxygen atoms in total. The number of aliphatic hydroxyl groups is 1. The van der Waals surface area contributed by atoms with Crippen LogP contribution in [-0.4, -0.2) is 27.5 Å². The molecule has 0 aliphatic heterocycles. The van der Waals surface area contributed by atoms with Gasteiger partial charge in [-0.3, -0.25) is 0 Å². The fourth-order valence-electron chi connectivity index (χ4n) is 1.47. The number of hydrogen-bond acceptors (Lipinski definition) is 4. The number of rotatable bonds is 2. The molecule has 7 heteroatoms. The van der Waals surface area contributed by atoms with Gasteiger partial charge in [0.2, 0.25) is 5.89 Å². The van der Waals surface area contributed by atoms with Gasteiger partial charge in [-0.1, -0.05) is 5.16 Å². The van der Waals surface area contributed by atoms with Crippen molar-refractivity contribution >= 4 is 0 Å². The van der Waals surface area contributed by atoms with Crippen LogP contribution in [0, 0.1) is 0 Å². The Balaban J connectivity index is 1.98. The molecule has 0 saturated heterocycles. The Labute approximate surface area is 83.1 Å². The summed E-state index contributed by atoms with van der Waals surface area (Å²) in [5.74, 6) is -0.243. The quantitative estimate of drug-likeness (QED) is 0.821. The van der Waals surface area contributed by atoms with Crippen molar-refractivity contribution in [2.24, 2.45) is 0 Å². The summed E-state index contributed by atoms with van der Waals surface area (Å²) in [5.41, 5.74) is 0. The molecule has 0 atom stereocenters. The highest BCUT2D eigenvalue weighted by atomic mass is 19.4. The van der Waals surface area contributed by atoms with Gasteiger partial charge >= 0.3 is 6.18 Å². The van der Waals surface area contributed by atoms with Gasteiger partial charge in [0.05, 0.1) is 6.10 Å². The van der Waals surface area contributed by atoms with Crippen LogP contribution in [0.5, 0.6) is 0 Å². The molecule has 1 saturated carbocycles. The second kappa shape index (κ2) is 3.48.